The number of aromatic nitrogens is 1. The number of phenols is 1. The number of hydrazine groups is 1. The number of benzene rings is 4. The number of hydrogen-bond donors (Lipinski definition) is 3. The Bertz CT molecular complexity index is 2260. The molecule has 0 bridgehead atoms. The minimum Gasteiger partial charge on any atom is -0.508 e. The average Bonchev–Trinajstić information content (AvgIpc) is 3.64. The molecule has 2 fully saturated rings. The molecule has 3 N–H and O–H groups in total. The minimum atomic E-state index is -4.33. The molecule has 2 aliphatic heterocycles. The number of carbonyl (C=O) groups excluding carboxylic acids is 3. The van der Waals surface area contributed by atoms with Crippen molar-refractivity contribution in [2.45, 2.75) is 42.4 Å². The average molecular weight is 733 g/mol. The number of nitrogens with one attached hydrogen (secondary N) is 2. The standard InChI is InChI=1S/C40H40N6O6S/c1-3-22-43-26-36(48)45-34(23-28-14-16-31(47)17-15-28)38(49)44(25-35(45)46(43)40(50)42-24-29-8-5-4-6-9-29)39(33-11-7-10-30-20-21-41-37(30)33)53(51,52)32-18-12-27(2)13-19-32/h3-21,34-35,39,41,47H,1,22-26H2,2H3,(H,42,50). The maximum atomic E-state index is 15.1. The third kappa shape index (κ3) is 6.88. The predicted molar refractivity (Wildman–Crippen MR) is 200 cm³/mol. The summed E-state index contributed by atoms with van der Waals surface area (Å²) in [6.45, 7) is 5.51. The van der Waals surface area contributed by atoms with E-state index < -0.39 is 45.3 Å². The summed E-state index contributed by atoms with van der Waals surface area (Å²) in [6.07, 6.45) is 2.20. The molecule has 0 spiro atoms. The number of carbonyl (C=O) groups is 3. The van der Waals surface area contributed by atoms with E-state index in [1.54, 1.807) is 53.7 Å². The van der Waals surface area contributed by atoms with E-state index in [0.717, 1.165) is 16.5 Å². The van der Waals surface area contributed by atoms with E-state index in [1.807, 2.05) is 49.4 Å². The molecule has 53 heavy (non-hydrogen) atoms. The predicted octanol–water partition coefficient (Wildman–Crippen LogP) is 4.89. The van der Waals surface area contributed by atoms with Crippen LogP contribution in [0, 0.1) is 6.92 Å². The van der Waals surface area contributed by atoms with Crippen molar-refractivity contribution in [3.8, 4) is 5.75 Å². The molecule has 2 saturated heterocycles. The molecule has 4 aromatic carbocycles. The first-order valence-electron chi connectivity index (χ1n) is 17.3. The van der Waals surface area contributed by atoms with Crippen LogP contribution < -0.4 is 5.32 Å². The second-order valence-corrected chi connectivity index (χ2v) is 15.3. The highest BCUT2D eigenvalue weighted by molar-refractivity contribution is 7.91. The van der Waals surface area contributed by atoms with Gasteiger partial charge < -0.3 is 25.2 Å². The lowest BCUT2D eigenvalue weighted by Crippen LogP contribution is -2.77. The topological polar surface area (TPSA) is 146 Å². The number of piperazine rings is 1. The Morgan fingerprint density at radius 3 is 2.42 bits per heavy atom. The van der Waals surface area contributed by atoms with Gasteiger partial charge in [-0.25, -0.2) is 23.2 Å². The smallest absolute Gasteiger partial charge is 0.334 e. The van der Waals surface area contributed by atoms with Gasteiger partial charge in [0.1, 0.15) is 18.0 Å². The van der Waals surface area contributed by atoms with Crippen molar-refractivity contribution in [3.63, 3.8) is 0 Å². The largest absolute Gasteiger partial charge is 0.508 e. The molecule has 5 aromatic rings. The van der Waals surface area contributed by atoms with Gasteiger partial charge in [0.05, 0.1) is 23.5 Å². The zero-order valence-corrected chi connectivity index (χ0v) is 29.9. The molecule has 3 heterocycles. The fraction of sp³-hybridized carbons (Fsp3) is 0.225. The quantitative estimate of drug-likeness (QED) is 0.173. The van der Waals surface area contributed by atoms with Crippen LogP contribution in [0.15, 0.2) is 127 Å². The van der Waals surface area contributed by atoms with Crippen LogP contribution in [-0.4, -0.2) is 88.0 Å². The first-order valence-corrected chi connectivity index (χ1v) is 18.8. The van der Waals surface area contributed by atoms with Crippen LogP contribution in [0.25, 0.3) is 10.9 Å². The van der Waals surface area contributed by atoms with Crippen molar-refractivity contribution >= 4 is 38.6 Å². The van der Waals surface area contributed by atoms with Gasteiger partial charge in [0, 0.05) is 31.3 Å². The number of fused-ring (bicyclic) bond motifs is 2. The third-order valence-electron chi connectivity index (χ3n) is 9.79. The molecule has 4 amide bonds. The van der Waals surface area contributed by atoms with Gasteiger partial charge in [0.2, 0.25) is 21.7 Å². The maximum absolute atomic E-state index is 15.1. The zero-order valence-electron chi connectivity index (χ0n) is 29.1. The number of hydrogen-bond acceptors (Lipinski definition) is 7. The van der Waals surface area contributed by atoms with Crippen molar-refractivity contribution in [2.24, 2.45) is 0 Å². The van der Waals surface area contributed by atoms with Gasteiger partial charge >= 0.3 is 6.03 Å². The fourth-order valence-electron chi connectivity index (χ4n) is 7.26. The Balaban J connectivity index is 1.39. The van der Waals surface area contributed by atoms with E-state index in [0.29, 0.717) is 16.6 Å². The number of rotatable bonds is 10. The Labute approximate surface area is 307 Å². The van der Waals surface area contributed by atoms with Crippen LogP contribution >= 0.6 is 0 Å². The zero-order chi connectivity index (χ0) is 37.3. The summed E-state index contributed by atoms with van der Waals surface area (Å²) < 4.78 is 30.0. The van der Waals surface area contributed by atoms with E-state index in [-0.39, 0.29) is 43.2 Å². The van der Waals surface area contributed by atoms with E-state index >= 15 is 4.79 Å². The number of aromatic amines is 1. The molecule has 272 valence electrons. The lowest BCUT2D eigenvalue weighted by atomic mass is 9.98. The molecule has 3 atom stereocenters. The number of amides is 4. The first kappa shape index (κ1) is 35.5. The molecular formula is C40H40N6O6S. The molecule has 12 nitrogen and oxygen atoms in total. The van der Waals surface area contributed by atoms with Crippen molar-refractivity contribution in [2.75, 3.05) is 19.6 Å². The summed E-state index contributed by atoms with van der Waals surface area (Å²) in [5.74, 6) is -0.958. The van der Waals surface area contributed by atoms with Crippen LogP contribution in [0.5, 0.6) is 5.75 Å². The van der Waals surface area contributed by atoms with Crippen molar-refractivity contribution in [1.29, 1.82) is 0 Å². The van der Waals surface area contributed by atoms with Gasteiger partial charge in [0.15, 0.2) is 5.37 Å². The van der Waals surface area contributed by atoms with Crippen LogP contribution in [0.1, 0.15) is 27.6 Å². The second-order valence-electron chi connectivity index (χ2n) is 13.3. The highest BCUT2D eigenvalue weighted by Gasteiger charge is 2.54. The molecule has 0 saturated carbocycles. The SMILES string of the molecule is C=CCN1CC(=O)N2C(Cc3ccc(O)cc3)C(=O)N(C(c3cccc4cc[nH]c34)S(=O)(=O)c3ccc(C)cc3)CC2N1C(=O)NCc1ccccc1. The summed E-state index contributed by atoms with van der Waals surface area (Å²) in [7, 11) is -4.33. The number of sulfone groups is 1. The lowest BCUT2D eigenvalue weighted by molar-refractivity contribution is -0.189. The summed E-state index contributed by atoms with van der Waals surface area (Å²) in [4.78, 5) is 49.4. The van der Waals surface area contributed by atoms with Crippen LogP contribution in [-0.2, 0) is 32.4 Å². The number of aromatic hydroxyl groups is 1. The Morgan fingerprint density at radius 2 is 1.70 bits per heavy atom. The fourth-order valence-corrected chi connectivity index (χ4v) is 9.09. The van der Waals surface area contributed by atoms with Gasteiger partial charge in [-0.2, -0.15) is 0 Å². The minimum absolute atomic E-state index is 0.00277. The Hall–Kier alpha value is -5.92. The lowest BCUT2D eigenvalue weighted by Gasteiger charge is -2.56. The van der Waals surface area contributed by atoms with Gasteiger partial charge in [-0.1, -0.05) is 84.4 Å². The van der Waals surface area contributed by atoms with Crippen molar-refractivity contribution in [3.05, 3.63) is 144 Å². The van der Waals surface area contributed by atoms with Gasteiger partial charge in [-0.15, -0.1) is 6.58 Å². The molecule has 2 aliphatic rings. The molecule has 0 radical (unpaired) electrons. The van der Waals surface area contributed by atoms with Gasteiger partial charge in [-0.3, -0.25) is 9.59 Å². The summed E-state index contributed by atoms with van der Waals surface area (Å²) in [5.41, 5.74) is 3.25. The summed E-state index contributed by atoms with van der Waals surface area (Å²) in [6, 6.07) is 27.5. The van der Waals surface area contributed by atoms with E-state index in [2.05, 4.69) is 16.9 Å². The Morgan fingerprint density at radius 1 is 0.962 bits per heavy atom. The third-order valence-corrected chi connectivity index (χ3v) is 11.8. The van der Waals surface area contributed by atoms with E-state index in [1.165, 1.54) is 39.1 Å². The second kappa shape index (κ2) is 14.6. The van der Waals surface area contributed by atoms with Gasteiger partial charge in [-0.05, 0) is 53.8 Å². The maximum Gasteiger partial charge on any atom is 0.334 e. The normalized spacial score (nSPS) is 18.5. The molecule has 1 aromatic heterocycles. The molecule has 7 rings (SSSR count). The van der Waals surface area contributed by atoms with Crippen molar-refractivity contribution in [1.82, 2.24) is 30.1 Å². The summed E-state index contributed by atoms with van der Waals surface area (Å²) >= 11 is 0. The monoisotopic (exact) mass is 732 g/mol. The molecule has 13 heteroatoms. The van der Waals surface area contributed by atoms with Gasteiger partial charge in [0.25, 0.3) is 0 Å². The number of para-hydroxylation sites is 1. The number of nitrogens with zero attached hydrogens (tertiary/aromatic N) is 4. The van der Waals surface area contributed by atoms with E-state index in [9.17, 15) is 23.1 Å². The highest BCUT2D eigenvalue weighted by Crippen LogP contribution is 2.40. The molecular weight excluding hydrogens is 693 g/mol. The Kier molecular flexibility index (Phi) is 9.78. The number of urea groups is 1. The number of phenolic OH excluding ortho intramolecular Hbond substituents is 1. The highest BCUT2D eigenvalue weighted by atomic mass is 32.2. The van der Waals surface area contributed by atoms with Crippen molar-refractivity contribution < 1.29 is 27.9 Å². The number of aryl methyl sites for hydroxylation is 1. The summed E-state index contributed by atoms with van der Waals surface area (Å²) in [5, 5.41) is 15.2. The molecule has 3 unspecified atom stereocenters. The number of H-pyrrole nitrogens is 1. The van der Waals surface area contributed by atoms with E-state index in [4.69, 9.17) is 0 Å². The van der Waals surface area contributed by atoms with Crippen LogP contribution in [0.2, 0.25) is 0 Å². The van der Waals surface area contributed by atoms with Crippen LogP contribution in [0.4, 0.5) is 4.79 Å². The van der Waals surface area contributed by atoms with Crippen LogP contribution in [0.3, 0.4) is 0 Å². The first-order chi connectivity index (χ1) is 25.6. The molecule has 0 aliphatic carbocycles.